The van der Waals surface area contributed by atoms with Crippen molar-refractivity contribution in [2.45, 2.75) is 82.8 Å². The van der Waals surface area contributed by atoms with Crippen molar-refractivity contribution in [3.63, 3.8) is 0 Å². The summed E-state index contributed by atoms with van der Waals surface area (Å²) in [4.78, 5) is 0. The number of aliphatic hydroxyl groups is 1. The van der Waals surface area contributed by atoms with E-state index >= 15 is 0 Å². The summed E-state index contributed by atoms with van der Waals surface area (Å²) in [6.45, 7) is 2.17. The van der Waals surface area contributed by atoms with E-state index in [1.54, 1.807) is 0 Å². The van der Waals surface area contributed by atoms with Crippen molar-refractivity contribution in [1.82, 2.24) is 0 Å². The Labute approximate surface area is 118 Å². The summed E-state index contributed by atoms with van der Waals surface area (Å²) in [6.07, 6.45) is 10.6. The van der Waals surface area contributed by atoms with Gasteiger partial charge in [0.15, 0.2) is 0 Å². The van der Waals surface area contributed by atoms with Crippen LogP contribution in [0, 0.1) is 0 Å². The third kappa shape index (κ3) is 11.4. The van der Waals surface area contributed by atoms with E-state index in [0.717, 1.165) is 19.3 Å². The summed E-state index contributed by atoms with van der Waals surface area (Å²) in [5, 5.41) is 8.02. The predicted octanol–water partition coefficient (Wildman–Crippen LogP) is 3.55. The lowest BCUT2D eigenvalue weighted by molar-refractivity contribution is 0.281. The number of hydrogen-bond acceptors (Lipinski definition) is 3. The van der Waals surface area contributed by atoms with Crippen molar-refractivity contribution < 1.29 is 18.1 Å². The molecule has 5 heteroatoms. The van der Waals surface area contributed by atoms with Crippen molar-refractivity contribution in [3.05, 3.63) is 0 Å². The van der Waals surface area contributed by atoms with Crippen molar-refractivity contribution in [2.24, 2.45) is 0 Å². The second kappa shape index (κ2) is 11.7. The number of unbranched alkanes of at least 4 members (excludes halogenated alkanes) is 7. The quantitative estimate of drug-likeness (QED) is 0.402. The summed E-state index contributed by atoms with van der Waals surface area (Å²) < 4.78 is 31.4. The Morgan fingerprint density at radius 3 is 1.79 bits per heavy atom. The summed E-state index contributed by atoms with van der Waals surface area (Å²) in [5.41, 5.74) is 0. The van der Waals surface area contributed by atoms with Crippen LogP contribution in [0.25, 0.3) is 0 Å². The molecule has 0 saturated heterocycles. The van der Waals surface area contributed by atoms with Gasteiger partial charge in [0.05, 0.1) is 5.25 Å². The Kier molecular flexibility index (Phi) is 11.6. The highest BCUT2D eigenvalue weighted by Gasteiger charge is 2.21. The summed E-state index contributed by atoms with van der Waals surface area (Å²) >= 11 is 0. The minimum absolute atomic E-state index is 0.0244. The van der Waals surface area contributed by atoms with Crippen LogP contribution in [0.4, 0.5) is 0 Å². The van der Waals surface area contributed by atoms with Gasteiger partial charge in [-0.05, 0) is 19.3 Å². The lowest BCUT2D eigenvalue weighted by atomic mass is 10.1. The van der Waals surface area contributed by atoms with Gasteiger partial charge in [-0.1, -0.05) is 58.3 Å². The van der Waals surface area contributed by atoms with Gasteiger partial charge in [0.25, 0.3) is 10.1 Å². The smallest absolute Gasteiger partial charge is 0.267 e. The van der Waals surface area contributed by atoms with Crippen LogP contribution in [0.1, 0.15) is 77.6 Å². The van der Waals surface area contributed by atoms with Crippen molar-refractivity contribution >= 4 is 10.1 Å². The number of rotatable bonds is 13. The van der Waals surface area contributed by atoms with Crippen molar-refractivity contribution in [1.29, 1.82) is 0 Å². The van der Waals surface area contributed by atoms with E-state index in [1.165, 1.54) is 32.1 Å². The normalized spacial score (nSPS) is 13.6. The molecule has 0 aromatic carbocycles. The molecule has 0 fully saturated rings. The highest BCUT2D eigenvalue weighted by molar-refractivity contribution is 7.86. The Morgan fingerprint density at radius 2 is 1.32 bits per heavy atom. The minimum Gasteiger partial charge on any atom is -0.396 e. The van der Waals surface area contributed by atoms with Crippen LogP contribution in [-0.2, 0) is 10.1 Å². The first-order valence-electron chi connectivity index (χ1n) is 7.59. The molecule has 0 spiro atoms. The Balaban J connectivity index is 3.64. The Morgan fingerprint density at radius 1 is 0.842 bits per heavy atom. The topological polar surface area (TPSA) is 74.6 Å². The molecule has 0 rings (SSSR count). The first-order chi connectivity index (χ1) is 9.02. The van der Waals surface area contributed by atoms with E-state index in [1.807, 2.05) is 0 Å². The molecular formula is C14H30O4S. The first-order valence-corrected chi connectivity index (χ1v) is 9.09. The van der Waals surface area contributed by atoms with E-state index in [2.05, 4.69) is 6.92 Å². The molecule has 2 N–H and O–H groups in total. The van der Waals surface area contributed by atoms with Crippen molar-refractivity contribution in [3.8, 4) is 0 Å². The van der Waals surface area contributed by atoms with Crippen LogP contribution in [-0.4, -0.2) is 29.9 Å². The molecule has 0 radical (unpaired) electrons. The summed E-state index contributed by atoms with van der Waals surface area (Å²) in [6, 6.07) is 0. The zero-order valence-corrected chi connectivity index (χ0v) is 13.0. The molecule has 0 amide bonds. The van der Waals surface area contributed by atoms with Gasteiger partial charge in [-0.3, -0.25) is 4.55 Å². The van der Waals surface area contributed by atoms with E-state index in [9.17, 15) is 8.42 Å². The number of aliphatic hydroxyl groups excluding tert-OH is 1. The molecule has 0 aliphatic carbocycles. The SMILES string of the molecule is CCCCCCCCCCC(CCCO)S(=O)(=O)O. The largest absolute Gasteiger partial charge is 0.396 e. The maximum Gasteiger partial charge on any atom is 0.267 e. The molecule has 0 aromatic rings. The molecule has 1 unspecified atom stereocenters. The molecule has 0 saturated carbocycles. The van der Waals surface area contributed by atoms with Gasteiger partial charge < -0.3 is 5.11 Å². The zero-order chi connectivity index (χ0) is 14.6. The fourth-order valence-electron chi connectivity index (χ4n) is 2.27. The second-order valence-corrected chi connectivity index (χ2v) is 6.96. The minimum atomic E-state index is -3.95. The van der Waals surface area contributed by atoms with Crippen LogP contribution in [0.5, 0.6) is 0 Å². The van der Waals surface area contributed by atoms with Crippen LogP contribution < -0.4 is 0 Å². The van der Waals surface area contributed by atoms with E-state index in [0.29, 0.717) is 19.3 Å². The average Bonchev–Trinajstić information content (AvgIpc) is 2.34. The first kappa shape index (κ1) is 18.9. The molecule has 0 heterocycles. The third-order valence-electron chi connectivity index (χ3n) is 3.49. The molecule has 0 aliphatic rings. The van der Waals surface area contributed by atoms with Gasteiger partial charge in [0.2, 0.25) is 0 Å². The van der Waals surface area contributed by atoms with Gasteiger partial charge in [-0.15, -0.1) is 0 Å². The average molecular weight is 294 g/mol. The molecule has 0 aromatic heterocycles. The van der Waals surface area contributed by atoms with Crippen molar-refractivity contribution in [2.75, 3.05) is 6.61 Å². The van der Waals surface area contributed by atoms with Crippen LogP contribution in [0.2, 0.25) is 0 Å². The molecule has 19 heavy (non-hydrogen) atoms. The molecule has 116 valence electrons. The van der Waals surface area contributed by atoms with Gasteiger partial charge >= 0.3 is 0 Å². The zero-order valence-electron chi connectivity index (χ0n) is 12.2. The Bertz CT molecular complexity index is 288. The fraction of sp³-hybridized carbons (Fsp3) is 1.00. The highest BCUT2D eigenvalue weighted by Crippen LogP contribution is 2.17. The maximum absolute atomic E-state index is 11.1. The lowest BCUT2D eigenvalue weighted by Gasteiger charge is -2.12. The van der Waals surface area contributed by atoms with E-state index < -0.39 is 15.4 Å². The fourth-order valence-corrected chi connectivity index (χ4v) is 3.20. The van der Waals surface area contributed by atoms with Gasteiger partial charge in [0, 0.05) is 6.61 Å². The molecule has 0 aliphatic heterocycles. The van der Waals surface area contributed by atoms with E-state index in [-0.39, 0.29) is 6.61 Å². The monoisotopic (exact) mass is 294 g/mol. The van der Waals surface area contributed by atoms with Gasteiger partial charge in [0.1, 0.15) is 0 Å². The molecular weight excluding hydrogens is 264 g/mol. The highest BCUT2D eigenvalue weighted by atomic mass is 32.2. The summed E-state index contributed by atoms with van der Waals surface area (Å²) in [5.74, 6) is 0. The number of hydrogen-bond donors (Lipinski definition) is 2. The van der Waals surface area contributed by atoms with Crippen LogP contribution >= 0.6 is 0 Å². The maximum atomic E-state index is 11.1. The van der Waals surface area contributed by atoms with Gasteiger partial charge in [-0.25, -0.2) is 0 Å². The molecule has 4 nitrogen and oxygen atoms in total. The van der Waals surface area contributed by atoms with Gasteiger partial charge in [-0.2, -0.15) is 8.42 Å². The lowest BCUT2D eigenvalue weighted by Crippen LogP contribution is -2.20. The third-order valence-corrected chi connectivity index (χ3v) is 4.80. The van der Waals surface area contributed by atoms with E-state index in [4.69, 9.17) is 9.66 Å². The standard InChI is InChI=1S/C14H30O4S/c1-2-3-4-5-6-7-8-9-11-14(12-10-13-15)19(16,17)18/h14-15H,2-13H2,1H3,(H,16,17,18). The summed E-state index contributed by atoms with van der Waals surface area (Å²) in [7, 11) is -3.95. The second-order valence-electron chi connectivity index (χ2n) is 5.27. The predicted molar refractivity (Wildman–Crippen MR) is 78.9 cm³/mol. The molecule has 0 bridgehead atoms. The molecule has 1 atom stereocenters. The van der Waals surface area contributed by atoms with Crippen LogP contribution in [0.3, 0.4) is 0 Å². The Hall–Kier alpha value is -0.130. The van der Waals surface area contributed by atoms with Crippen LogP contribution in [0.15, 0.2) is 0 Å².